The van der Waals surface area contributed by atoms with Gasteiger partial charge in [-0.1, -0.05) is 37.1 Å². The number of nitrogens with zero attached hydrogens (tertiary/aromatic N) is 2. The summed E-state index contributed by atoms with van der Waals surface area (Å²) in [7, 11) is 0. The molecule has 0 amide bonds. The molecule has 1 aromatic heterocycles. The summed E-state index contributed by atoms with van der Waals surface area (Å²) < 4.78 is 14.8. The molecule has 0 saturated heterocycles. The Morgan fingerprint density at radius 1 is 1.37 bits per heavy atom. The third-order valence-electron chi connectivity index (χ3n) is 2.91. The molecule has 102 valence electrons. The summed E-state index contributed by atoms with van der Waals surface area (Å²) in [6.07, 6.45) is 1.83. The van der Waals surface area contributed by atoms with Gasteiger partial charge < -0.3 is 0 Å². The number of rotatable bonds is 5. The molecule has 2 rings (SSSR count). The Bertz CT molecular complexity index is 567. The largest absolute Gasteiger partial charge is 0.249 e. The Morgan fingerprint density at radius 2 is 2.16 bits per heavy atom. The van der Waals surface area contributed by atoms with Crippen LogP contribution in [0.1, 0.15) is 30.2 Å². The summed E-state index contributed by atoms with van der Waals surface area (Å²) >= 11 is 12.2. The maximum Gasteiger partial charge on any atom is 0.132 e. The Kier molecular flexibility index (Phi) is 4.83. The summed E-state index contributed by atoms with van der Waals surface area (Å²) in [6, 6.07) is 6.43. The summed E-state index contributed by atoms with van der Waals surface area (Å²) in [5.41, 5.74) is 2.63. The lowest BCUT2D eigenvalue weighted by atomic mass is 10.2. The molecule has 1 heterocycles. The molecule has 5 heteroatoms. The minimum absolute atomic E-state index is 0.257. The fourth-order valence-corrected chi connectivity index (χ4v) is 2.63. The molecular formula is C14H15Cl2FN2. The fraction of sp³-hybridized carbons (Fsp3) is 0.357. The second-order valence-electron chi connectivity index (χ2n) is 4.39. The zero-order valence-corrected chi connectivity index (χ0v) is 12.2. The molecular weight excluding hydrogens is 286 g/mol. The highest BCUT2D eigenvalue weighted by Gasteiger charge is 2.15. The van der Waals surface area contributed by atoms with E-state index in [1.54, 1.807) is 10.7 Å². The minimum atomic E-state index is -0.257. The predicted molar refractivity (Wildman–Crippen MR) is 76.3 cm³/mol. The molecule has 0 saturated carbocycles. The fourth-order valence-electron chi connectivity index (χ4n) is 2.01. The quantitative estimate of drug-likeness (QED) is 0.748. The van der Waals surface area contributed by atoms with E-state index in [9.17, 15) is 4.39 Å². The molecule has 0 aliphatic rings. The molecule has 0 fully saturated rings. The SMILES string of the molecule is CCCc1nn(Cc2cccc(F)c2)c(Cl)c1CCl. The Labute approximate surface area is 122 Å². The summed E-state index contributed by atoms with van der Waals surface area (Å²) in [6.45, 7) is 2.53. The van der Waals surface area contributed by atoms with Crippen LogP contribution in [0.15, 0.2) is 24.3 Å². The number of halogens is 3. The number of aromatic nitrogens is 2. The van der Waals surface area contributed by atoms with Crippen molar-refractivity contribution in [3.05, 3.63) is 52.1 Å². The first-order valence-corrected chi connectivity index (χ1v) is 7.11. The lowest BCUT2D eigenvalue weighted by Crippen LogP contribution is -2.02. The van der Waals surface area contributed by atoms with E-state index in [0.29, 0.717) is 17.6 Å². The van der Waals surface area contributed by atoms with Crippen LogP contribution in [0.3, 0.4) is 0 Å². The topological polar surface area (TPSA) is 17.8 Å². The highest BCUT2D eigenvalue weighted by Crippen LogP contribution is 2.24. The van der Waals surface area contributed by atoms with Crippen LogP contribution in [-0.4, -0.2) is 9.78 Å². The van der Waals surface area contributed by atoms with Gasteiger partial charge in [0.1, 0.15) is 11.0 Å². The van der Waals surface area contributed by atoms with Crippen LogP contribution in [0.2, 0.25) is 5.15 Å². The van der Waals surface area contributed by atoms with Crippen molar-refractivity contribution in [1.29, 1.82) is 0 Å². The van der Waals surface area contributed by atoms with Crippen LogP contribution < -0.4 is 0 Å². The number of aryl methyl sites for hydroxylation is 1. The highest BCUT2D eigenvalue weighted by molar-refractivity contribution is 6.31. The third-order valence-corrected chi connectivity index (χ3v) is 3.60. The third kappa shape index (κ3) is 3.28. The van der Waals surface area contributed by atoms with Crippen LogP contribution in [0, 0.1) is 5.82 Å². The molecule has 2 nitrogen and oxygen atoms in total. The van der Waals surface area contributed by atoms with Gasteiger partial charge in [0.15, 0.2) is 0 Å². The first-order valence-electron chi connectivity index (χ1n) is 6.20. The normalized spacial score (nSPS) is 10.9. The van der Waals surface area contributed by atoms with Gasteiger partial charge in [0.2, 0.25) is 0 Å². The van der Waals surface area contributed by atoms with E-state index >= 15 is 0 Å². The molecule has 0 radical (unpaired) electrons. The maximum atomic E-state index is 13.2. The van der Waals surface area contributed by atoms with Gasteiger partial charge in [-0.15, -0.1) is 11.6 Å². The number of hydrogen-bond donors (Lipinski definition) is 0. The van der Waals surface area contributed by atoms with Crippen LogP contribution >= 0.6 is 23.2 Å². The molecule has 0 atom stereocenters. The van der Waals surface area contributed by atoms with E-state index in [0.717, 1.165) is 29.7 Å². The molecule has 2 aromatic rings. The van der Waals surface area contributed by atoms with Crippen molar-refractivity contribution in [3.8, 4) is 0 Å². The van der Waals surface area contributed by atoms with Crippen LogP contribution in [0.4, 0.5) is 4.39 Å². The number of hydrogen-bond acceptors (Lipinski definition) is 1. The van der Waals surface area contributed by atoms with E-state index < -0.39 is 0 Å². The summed E-state index contributed by atoms with van der Waals surface area (Å²) in [4.78, 5) is 0. The predicted octanol–water partition coefficient (Wildman–Crippen LogP) is 4.42. The zero-order chi connectivity index (χ0) is 13.8. The van der Waals surface area contributed by atoms with E-state index in [-0.39, 0.29) is 5.82 Å². The van der Waals surface area contributed by atoms with Crippen molar-refractivity contribution in [1.82, 2.24) is 9.78 Å². The van der Waals surface area contributed by atoms with Gasteiger partial charge in [-0.05, 0) is 24.1 Å². The van der Waals surface area contributed by atoms with E-state index in [4.69, 9.17) is 23.2 Å². The lowest BCUT2D eigenvalue weighted by Gasteiger charge is -2.03. The van der Waals surface area contributed by atoms with Crippen molar-refractivity contribution < 1.29 is 4.39 Å². The molecule has 19 heavy (non-hydrogen) atoms. The van der Waals surface area contributed by atoms with Crippen molar-refractivity contribution in [2.45, 2.75) is 32.2 Å². The Morgan fingerprint density at radius 3 is 2.79 bits per heavy atom. The van der Waals surface area contributed by atoms with Gasteiger partial charge in [0, 0.05) is 5.56 Å². The monoisotopic (exact) mass is 300 g/mol. The molecule has 0 spiro atoms. The van der Waals surface area contributed by atoms with Crippen LogP contribution in [-0.2, 0) is 18.8 Å². The number of alkyl halides is 1. The molecule has 1 aromatic carbocycles. The number of benzene rings is 1. The second kappa shape index (κ2) is 6.40. The zero-order valence-electron chi connectivity index (χ0n) is 10.7. The molecule has 0 unspecified atom stereocenters. The average Bonchev–Trinajstić information content (AvgIpc) is 2.66. The first-order chi connectivity index (χ1) is 9.15. The van der Waals surface area contributed by atoms with Gasteiger partial charge in [-0.25, -0.2) is 9.07 Å². The summed E-state index contributed by atoms with van der Waals surface area (Å²) in [5, 5.41) is 5.02. The van der Waals surface area contributed by atoms with Crippen LogP contribution in [0.5, 0.6) is 0 Å². The van der Waals surface area contributed by atoms with Crippen molar-refractivity contribution >= 4 is 23.2 Å². The lowest BCUT2D eigenvalue weighted by molar-refractivity contribution is 0.618. The standard InChI is InChI=1S/C14H15Cl2FN2/c1-2-4-13-12(8-15)14(16)19(18-13)9-10-5-3-6-11(17)7-10/h3,5-7H,2,4,8-9H2,1H3. The highest BCUT2D eigenvalue weighted by atomic mass is 35.5. The average molecular weight is 301 g/mol. The molecule has 0 N–H and O–H groups in total. The molecule has 0 bridgehead atoms. The van der Waals surface area contributed by atoms with Crippen molar-refractivity contribution in [3.63, 3.8) is 0 Å². The Hall–Kier alpha value is -1.06. The van der Waals surface area contributed by atoms with Gasteiger partial charge in [0.05, 0.1) is 18.1 Å². The van der Waals surface area contributed by atoms with Gasteiger partial charge in [-0.3, -0.25) is 0 Å². The first kappa shape index (κ1) is 14.4. The van der Waals surface area contributed by atoms with Crippen LogP contribution in [0.25, 0.3) is 0 Å². The molecule has 0 aliphatic heterocycles. The summed E-state index contributed by atoms with van der Waals surface area (Å²) in [5.74, 6) is 0.0873. The maximum absolute atomic E-state index is 13.2. The van der Waals surface area contributed by atoms with Crippen molar-refractivity contribution in [2.24, 2.45) is 0 Å². The van der Waals surface area contributed by atoms with E-state index in [1.807, 2.05) is 6.07 Å². The van der Waals surface area contributed by atoms with Gasteiger partial charge in [-0.2, -0.15) is 5.10 Å². The van der Waals surface area contributed by atoms with Gasteiger partial charge in [0.25, 0.3) is 0 Å². The minimum Gasteiger partial charge on any atom is -0.249 e. The van der Waals surface area contributed by atoms with E-state index in [1.165, 1.54) is 12.1 Å². The molecule has 0 aliphatic carbocycles. The van der Waals surface area contributed by atoms with E-state index in [2.05, 4.69) is 12.0 Å². The Balaban J connectivity index is 2.30. The van der Waals surface area contributed by atoms with Gasteiger partial charge >= 0.3 is 0 Å². The second-order valence-corrected chi connectivity index (χ2v) is 5.01. The smallest absolute Gasteiger partial charge is 0.132 e. The van der Waals surface area contributed by atoms with Crippen molar-refractivity contribution in [2.75, 3.05) is 0 Å².